The van der Waals surface area contributed by atoms with Crippen LogP contribution in [0.25, 0.3) is 0 Å². The Morgan fingerprint density at radius 1 is 1.07 bits per heavy atom. The molecule has 2 nitrogen and oxygen atoms in total. The molecule has 5 aliphatic carbocycles. The Morgan fingerprint density at radius 2 is 1.78 bits per heavy atom. The van der Waals surface area contributed by atoms with E-state index in [2.05, 4.69) is 31.2 Å². The molecular weight excluding hydrogens is 330 g/mol. The molecule has 0 spiro atoms. The number of carbonyl (C=O) groups excluding carboxylic acids is 1. The second-order valence-electron chi connectivity index (χ2n) is 10.8. The molecule has 146 valence electrons. The van der Waals surface area contributed by atoms with Crippen LogP contribution in [0.3, 0.4) is 0 Å². The van der Waals surface area contributed by atoms with Gasteiger partial charge in [0.2, 0.25) is 0 Å². The van der Waals surface area contributed by atoms with Crippen LogP contribution in [0.5, 0.6) is 0 Å². The largest absolute Gasteiger partial charge is 0.328 e. The molecule has 6 rings (SSSR count). The average molecular weight is 366 g/mol. The molecule has 2 heteroatoms. The number of rotatable bonds is 4. The van der Waals surface area contributed by atoms with Gasteiger partial charge in [-0.15, -0.1) is 0 Å². The predicted molar refractivity (Wildman–Crippen MR) is 110 cm³/mol. The molecule has 2 unspecified atom stereocenters. The zero-order valence-corrected chi connectivity index (χ0v) is 16.9. The molecule has 5 aliphatic rings. The molecule has 0 saturated heterocycles. The van der Waals surface area contributed by atoms with E-state index in [1.54, 1.807) is 0 Å². The van der Waals surface area contributed by atoms with Gasteiger partial charge in [0.1, 0.15) is 5.78 Å². The van der Waals surface area contributed by atoms with Crippen LogP contribution in [0, 0.1) is 30.1 Å². The molecule has 0 aliphatic heterocycles. The maximum Gasteiger partial charge on any atom is 0.139 e. The molecular formula is C25H35NO. The van der Waals surface area contributed by atoms with E-state index < -0.39 is 0 Å². The van der Waals surface area contributed by atoms with Crippen molar-refractivity contribution < 1.29 is 4.79 Å². The van der Waals surface area contributed by atoms with Crippen molar-refractivity contribution in [2.75, 3.05) is 0 Å². The fraction of sp³-hybridized carbons (Fsp3) is 0.720. The van der Waals surface area contributed by atoms with Crippen LogP contribution in [0.1, 0.15) is 81.8 Å². The fourth-order valence-corrected chi connectivity index (χ4v) is 7.77. The molecule has 2 atom stereocenters. The summed E-state index contributed by atoms with van der Waals surface area (Å²) in [6, 6.07) is 9.57. The Labute approximate surface area is 164 Å². The first-order valence-corrected chi connectivity index (χ1v) is 11.3. The molecule has 1 aromatic carbocycles. The Balaban J connectivity index is 1.40. The first kappa shape index (κ1) is 17.9. The number of Topliss-reactive ketones (excluding diaryl/α,β-unsaturated/α-hetero) is 1. The minimum atomic E-state index is -0.00655. The van der Waals surface area contributed by atoms with Gasteiger partial charge in [0.25, 0.3) is 0 Å². The lowest BCUT2D eigenvalue weighted by atomic mass is 9.42. The van der Waals surface area contributed by atoms with Gasteiger partial charge in [-0.1, -0.05) is 29.8 Å². The lowest BCUT2D eigenvalue weighted by Crippen LogP contribution is -2.57. The Hall–Kier alpha value is -1.15. The Morgan fingerprint density at radius 3 is 2.44 bits per heavy atom. The molecule has 4 bridgehead atoms. The average Bonchev–Trinajstić information content (AvgIpc) is 2.62. The maximum absolute atomic E-state index is 13.7. The fourth-order valence-electron chi connectivity index (χ4n) is 7.77. The topological polar surface area (TPSA) is 43.1 Å². The number of ketones is 1. The molecule has 1 aromatic rings. The van der Waals surface area contributed by atoms with Gasteiger partial charge in [0.15, 0.2) is 0 Å². The van der Waals surface area contributed by atoms with E-state index in [4.69, 9.17) is 5.73 Å². The van der Waals surface area contributed by atoms with Gasteiger partial charge in [-0.05, 0) is 99.9 Å². The highest BCUT2D eigenvalue weighted by Crippen LogP contribution is 2.66. The lowest BCUT2D eigenvalue weighted by molar-refractivity contribution is -0.148. The quantitative estimate of drug-likeness (QED) is 0.786. The van der Waals surface area contributed by atoms with Gasteiger partial charge < -0.3 is 5.73 Å². The molecule has 27 heavy (non-hydrogen) atoms. The van der Waals surface area contributed by atoms with Crippen molar-refractivity contribution >= 4 is 5.78 Å². The van der Waals surface area contributed by atoms with Crippen LogP contribution in [-0.2, 0) is 10.2 Å². The van der Waals surface area contributed by atoms with Gasteiger partial charge >= 0.3 is 0 Å². The van der Waals surface area contributed by atoms with Crippen molar-refractivity contribution in [2.45, 2.75) is 89.0 Å². The van der Waals surface area contributed by atoms with Crippen LogP contribution in [0.4, 0.5) is 0 Å². The summed E-state index contributed by atoms with van der Waals surface area (Å²) in [6.07, 6.45) is 12.9. The maximum atomic E-state index is 13.7. The number of hydrogen-bond acceptors (Lipinski definition) is 2. The van der Waals surface area contributed by atoms with Crippen LogP contribution < -0.4 is 5.73 Å². The second kappa shape index (κ2) is 6.44. The summed E-state index contributed by atoms with van der Waals surface area (Å²) in [7, 11) is 0. The predicted octanol–water partition coefficient (Wildman–Crippen LogP) is 5.31. The number of hydrogen-bond donors (Lipinski definition) is 1. The second-order valence-corrected chi connectivity index (χ2v) is 10.8. The van der Waals surface area contributed by atoms with E-state index in [9.17, 15) is 4.79 Å². The van der Waals surface area contributed by atoms with Crippen LogP contribution in [-0.4, -0.2) is 11.8 Å². The molecule has 0 heterocycles. The monoisotopic (exact) mass is 365 g/mol. The van der Waals surface area contributed by atoms with Crippen molar-refractivity contribution in [2.24, 2.45) is 28.9 Å². The number of benzene rings is 1. The molecule has 2 N–H and O–H groups in total. The van der Waals surface area contributed by atoms with E-state index in [1.807, 2.05) is 0 Å². The highest BCUT2D eigenvalue weighted by atomic mass is 16.1. The summed E-state index contributed by atoms with van der Waals surface area (Å²) in [6.45, 7) is 2.21. The zero-order chi connectivity index (χ0) is 18.6. The van der Waals surface area contributed by atoms with Gasteiger partial charge in [-0.3, -0.25) is 4.79 Å². The number of nitrogens with two attached hydrogens (primary N) is 1. The summed E-state index contributed by atoms with van der Waals surface area (Å²) >= 11 is 0. The van der Waals surface area contributed by atoms with Crippen molar-refractivity contribution in [3.63, 3.8) is 0 Å². The number of carbonyl (C=O) groups is 1. The lowest BCUT2D eigenvalue weighted by Gasteiger charge is -2.62. The third-order valence-corrected chi connectivity index (χ3v) is 8.65. The third-order valence-electron chi connectivity index (χ3n) is 8.65. The Kier molecular flexibility index (Phi) is 4.27. The third kappa shape index (κ3) is 3.09. The van der Waals surface area contributed by atoms with E-state index in [0.717, 1.165) is 37.5 Å². The van der Waals surface area contributed by atoms with E-state index in [-0.39, 0.29) is 10.8 Å². The molecule has 5 fully saturated rings. The minimum absolute atomic E-state index is 0.00655. The minimum Gasteiger partial charge on any atom is -0.328 e. The van der Waals surface area contributed by atoms with Crippen molar-refractivity contribution in [3.8, 4) is 0 Å². The van der Waals surface area contributed by atoms with Crippen molar-refractivity contribution in [3.05, 3.63) is 35.4 Å². The standard InChI is InChI=1S/C25H35NO/c1-17-3-2-4-21(9-17)24-12-19-10-20(13-24)15-25(14-19,16-24)23(27)11-18-5-7-22(26)8-6-18/h2-4,9,18-20,22H,5-8,10-16,26H2,1H3. The normalized spacial score (nSPS) is 43.0. The molecule has 0 radical (unpaired) electrons. The summed E-state index contributed by atoms with van der Waals surface area (Å²) < 4.78 is 0. The summed E-state index contributed by atoms with van der Waals surface area (Å²) in [5, 5.41) is 0. The van der Waals surface area contributed by atoms with Crippen LogP contribution >= 0.6 is 0 Å². The van der Waals surface area contributed by atoms with E-state index in [0.29, 0.717) is 17.7 Å². The van der Waals surface area contributed by atoms with E-state index >= 15 is 0 Å². The summed E-state index contributed by atoms with van der Waals surface area (Å²) in [5.74, 6) is 2.76. The number of aryl methyl sites for hydroxylation is 1. The van der Waals surface area contributed by atoms with Crippen LogP contribution in [0.2, 0.25) is 0 Å². The molecule has 0 aromatic heterocycles. The van der Waals surface area contributed by atoms with Gasteiger partial charge in [0, 0.05) is 17.9 Å². The molecule has 5 saturated carbocycles. The zero-order valence-electron chi connectivity index (χ0n) is 16.9. The van der Waals surface area contributed by atoms with Crippen LogP contribution in [0.15, 0.2) is 24.3 Å². The SMILES string of the molecule is Cc1cccc(C23CC4CC(CC(C(=O)CC5CCC(N)CC5)(C4)C2)C3)c1. The summed E-state index contributed by atoms with van der Waals surface area (Å²) in [5.41, 5.74) is 9.24. The highest BCUT2D eigenvalue weighted by molar-refractivity contribution is 5.86. The first-order valence-electron chi connectivity index (χ1n) is 11.3. The summed E-state index contributed by atoms with van der Waals surface area (Å²) in [4.78, 5) is 13.7. The van der Waals surface area contributed by atoms with Crippen molar-refractivity contribution in [1.82, 2.24) is 0 Å². The van der Waals surface area contributed by atoms with E-state index in [1.165, 1.54) is 56.1 Å². The molecule has 0 amide bonds. The first-order chi connectivity index (χ1) is 13.0. The van der Waals surface area contributed by atoms with Crippen molar-refractivity contribution in [1.29, 1.82) is 0 Å². The van der Waals surface area contributed by atoms with Gasteiger partial charge in [-0.2, -0.15) is 0 Å². The Bertz CT molecular complexity index is 716. The highest BCUT2D eigenvalue weighted by Gasteiger charge is 2.60. The van der Waals surface area contributed by atoms with Gasteiger partial charge in [0.05, 0.1) is 0 Å². The smallest absolute Gasteiger partial charge is 0.139 e. The van der Waals surface area contributed by atoms with Gasteiger partial charge in [-0.25, -0.2) is 0 Å².